The van der Waals surface area contributed by atoms with Crippen LogP contribution in [0.25, 0.3) is 0 Å². The van der Waals surface area contributed by atoms with Crippen LogP contribution in [0, 0.1) is 20.2 Å². The number of carbonyl (C=O) groups excluding carboxylic acids is 1. The van der Waals surface area contributed by atoms with Gasteiger partial charge in [0.1, 0.15) is 4.99 Å². The molecule has 0 aliphatic carbocycles. The van der Waals surface area contributed by atoms with Gasteiger partial charge in [-0.3, -0.25) is 20.2 Å². The Morgan fingerprint density at radius 2 is 1.22 bits per heavy atom. The van der Waals surface area contributed by atoms with Crippen LogP contribution >= 0.6 is 70.0 Å². The van der Waals surface area contributed by atoms with Gasteiger partial charge in [-0.05, 0) is 105 Å². The lowest BCUT2D eigenvalue weighted by Crippen LogP contribution is -3.00. The van der Waals surface area contributed by atoms with Crippen molar-refractivity contribution in [2.24, 2.45) is 20.5 Å². The molecule has 0 atom stereocenters. The summed E-state index contributed by atoms with van der Waals surface area (Å²) in [4.78, 5) is 50.7. The Balaban J connectivity index is 0.000000277. The average molecular weight is 1150 g/mol. The summed E-state index contributed by atoms with van der Waals surface area (Å²) in [5.74, 6) is -0.303. The number of ether oxygens (including phenoxy) is 2. The molecule has 5 aromatic rings. The number of fused-ring (bicyclic) bond motifs is 1. The molecule has 27 heteroatoms. The third-order valence-corrected chi connectivity index (χ3v) is 12.6. The highest BCUT2D eigenvalue weighted by atomic mass is 35.5. The monoisotopic (exact) mass is 1150 g/mol. The second-order valence-corrected chi connectivity index (χ2v) is 18.3. The standard InChI is InChI=1S/C18H14Cl2N4O5S.C12H7Cl2N3O3.C6H8NO2S.C6H15N.C4H8O.ClH/c19-14-9-12(22-21-11-4-6-13(7-5-11)24(26)27)10-15(20)17(14)28-18(25)29-23-8-2-1-3-16(23)30;13-10-5-8(6-11(14)12(10)18)16-15-7-1-3-9(4-2-7)17(19)20;8-6-9-7-4-2-1-3-5(7)10-6;1-4-7(5-2)6-3;1-2-4-5-3-1;/h4-7,9-10H,1-3,8H2;1-6,18H;1-4H2;4-6H2,1-3H3;1-4H2;1H/q;;+1;;;/p-1. The molecule has 1 aromatic heterocycles. The van der Waals surface area contributed by atoms with E-state index >= 15 is 0 Å². The van der Waals surface area contributed by atoms with Gasteiger partial charge in [-0.15, -0.1) is 0 Å². The lowest BCUT2D eigenvalue weighted by atomic mass is 10.2. The van der Waals surface area contributed by atoms with E-state index in [1.807, 2.05) is 0 Å². The Morgan fingerprint density at radius 3 is 1.63 bits per heavy atom. The van der Waals surface area contributed by atoms with E-state index in [-0.39, 0.29) is 60.3 Å². The largest absolute Gasteiger partial charge is 1.00 e. The lowest BCUT2D eigenvalue weighted by Gasteiger charge is -2.26. The molecule has 8 rings (SSSR count). The molecule has 0 bridgehead atoms. The zero-order valence-corrected chi connectivity index (χ0v) is 45.2. The number of piperidine rings is 1. The van der Waals surface area contributed by atoms with E-state index in [1.165, 1.54) is 128 Å². The fourth-order valence-electron chi connectivity index (χ4n) is 6.26. The number of hydroxylamine groups is 2. The van der Waals surface area contributed by atoms with E-state index in [0.29, 0.717) is 40.7 Å². The van der Waals surface area contributed by atoms with Crippen molar-refractivity contribution in [3.63, 3.8) is 0 Å². The number of nitro benzene ring substituents is 2. The van der Waals surface area contributed by atoms with Gasteiger partial charge in [0, 0.05) is 68.1 Å². The minimum Gasteiger partial charge on any atom is -1.00 e. The van der Waals surface area contributed by atoms with E-state index in [9.17, 15) is 34.9 Å². The quantitative estimate of drug-likeness (QED) is 0.0246. The minimum absolute atomic E-state index is 0. The SMILES string of the molecule is C1CCOC1.CCN(CC)CC.O=C(Oc1c(Cl)cc(N=Nc2ccc([N+](=O)[O-])cc2)cc1Cl)ON1CCCCC1=S.O=[N+]([O-])c1ccc(N=Nc2cc(Cl)c(O)c(Cl)c2)cc1.O=c1o[n+]2c(s1)CCCC2.[Cl-]. The van der Waals surface area contributed by atoms with Crippen LogP contribution in [0.3, 0.4) is 0 Å². The molecule has 0 unspecified atom stereocenters. The molecular formula is C46H52Cl5N9O11S2. The summed E-state index contributed by atoms with van der Waals surface area (Å²) in [6.07, 6.45) is 7.34. The van der Waals surface area contributed by atoms with Gasteiger partial charge in [-0.2, -0.15) is 30.0 Å². The highest BCUT2D eigenvalue weighted by Gasteiger charge is 2.24. The number of benzene rings is 4. The third kappa shape index (κ3) is 21.5. The highest BCUT2D eigenvalue weighted by molar-refractivity contribution is 7.80. The Labute approximate surface area is 456 Å². The molecule has 0 amide bonds. The molecule has 0 saturated carbocycles. The maximum Gasteiger partial charge on any atom is 0.539 e. The number of phenolic OH excluding ortho intramolecular Hbond substituents is 1. The van der Waals surface area contributed by atoms with Crippen LogP contribution in [0.5, 0.6) is 11.5 Å². The topological polar surface area (TPSA) is 241 Å². The summed E-state index contributed by atoms with van der Waals surface area (Å²) in [5, 5.41) is 48.9. The molecule has 73 heavy (non-hydrogen) atoms. The fraction of sp³-hybridized carbons (Fsp3) is 0.391. The van der Waals surface area contributed by atoms with E-state index in [4.69, 9.17) is 77.5 Å². The van der Waals surface area contributed by atoms with Crippen LogP contribution < -0.4 is 26.8 Å². The van der Waals surface area contributed by atoms with Crippen molar-refractivity contribution in [2.45, 2.75) is 78.7 Å². The summed E-state index contributed by atoms with van der Waals surface area (Å²) >= 11 is 30.2. The number of hydrogen-bond donors (Lipinski definition) is 1. The molecule has 3 aliphatic heterocycles. The first kappa shape index (κ1) is 61.9. The number of carbonyl (C=O) groups is 1. The summed E-state index contributed by atoms with van der Waals surface area (Å²) in [6, 6.07) is 16.7. The van der Waals surface area contributed by atoms with E-state index in [1.54, 1.807) is 4.74 Å². The van der Waals surface area contributed by atoms with Crippen LogP contribution in [0.15, 0.2) is 103 Å². The van der Waals surface area contributed by atoms with Crippen molar-refractivity contribution in [3.05, 3.63) is 128 Å². The zero-order chi connectivity index (χ0) is 52.6. The van der Waals surface area contributed by atoms with Gasteiger partial charge in [-0.1, -0.05) is 79.4 Å². The number of halogens is 5. The number of non-ortho nitro benzene ring substituents is 2. The number of aryl methyl sites for hydroxylation is 2. The molecule has 20 nitrogen and oxygen atoms in total. The highest BCUT2D eigenvalue weighted by Crippen LogP contribution is 2.38. The molecule has 2 fully saturated rings. The molecule has 4 heterocycles. The number of thiocarbonyl (C=S) groups is 1. The second kappa shape index (κ2) is 32.7. The predicted molar refractivity (Wildman–Crippen MR) is 279 cm³/mol. The maximum atomic E-state index is 12.0. The number of phenols is 1. The van der Waals surface area contributed by atoms with Gasteiger partial charge in [0.15, 0.2) is 18.0 Å². The average Bonchev–Trinajstić information content (AvgIpc) is 4.09. The summed E-state index contributed by atoms with van der Waals surface area (Å²) < 4.78 is 16.7. The number of nitrogens with zero attached hydrogens (tertiary/aromatic N) is 9. The molecule has 0 spiro atoms. The van der Waals surface area contributed by atoms with Gasteiger partial charge in [0.05, 0.1) is 59.2 Å². The Bertz CT molecular complexity index is 2620. The van der Waals surface area contributed by atoms with Crippen molar-refractivity contribution in [3.8, 4) is 11.5 Å². The number of nitro groups is 2. The Kier molecular flexibility index (Phi) is 27.7. The first-order chi connectivity index (χ1) is 34.5. The van der Waals surface area contributed by atoms with Crippen molar-refractivity contribution < 1.29 is 55.7 Å². The Morgan fingerprint density at radius 1 is 0.753 bits per heavy atom. The summed E-state index contributed by atoms with van der Waals surface area (Å²) in [7, 11) is 0. The molecule has 2 saturated heterocycles. The second-order valence-electron chi connectivity index (χ2n) is 15.2. The smallest absolute Gasteiger partial charge is 0.539 e. The number of azo groups is 2. The molecular weight excluding hydrogens is 1100 g/mol. The molecule has 0 radical (unpaired) electrons. The molecule has 394 valence electrons. The first-order valence-corrected chi connectivity index (χ1v) is 25.3. The van der Waals surface area contributed by atoms with Crippen LogP contribution in [-0.4, -0.2) is 75.5 Å². The Hall–Kier alpha value is -5.43. The molecule has 3 aliphatic rings. The molecule has 4 aromatic carbocycles. The van der Waals surface area contributed by atoms with Gasteiger partial charge >= 0.3 is 11.1 Å². The van der Waals surface area contributed by atoms with E-state index in [2.05, 4.69) is 46.1 Å². The third-order valence-electron chi connectivity index (χ3n) is 10.2. The van der Waals surface area contributed by atoms with Crippen LogP contribution in [0.1, 0.15) is 70.7 Å². The molecule has 1 N–H and O–H groups in total. The summed E-state index contributed by atoms with van der Waals surface area (Å²) in [5.41, 5.74) is 1.40. The van der Waals surface area contributed by atoms with Crippen molar-refractivity contribution >= 4 is 115 Å². The number of rotatable bonds is 11. The lowest BCUT2D eigenvalue weighted by molar-refractivity contribution is -0.873. The predicted octanol–water partition coefficient (Wildman–Crippen LogP) is 11.1. The van der Waals surface area contributed by atoms with Crippen LogP contribution in [-0.2, 0) is 22.5 Å². The number of aromatic nitrogens is 1. The normalized spacial score (nSPS) is 13.7. The van der Waals surface area contributed by atoms with Crippen molar-refractivity contribution in [1.82, 2.24) is 9.96 Å². The summed E-state index contributed by atoms with van der Waals surface area (Å²) in [6.45, 7) is 13.5. The zero-order valence-electron chi connectivity index (χ0n) is 39.8. The van der Waals surface area contributed by atoms with Gasteiger partial charge in [0.25, 0.3) is 16.4 Å². The van der Waals surface area contributed by atoms with E-state index < -0.39 is 16.0 Å². The van der Waals surface area contributed by atoms with Crippen LogP contribution in [0.2, 0.25) is 20.1 Å². The van der Waals surface area contributed by atoms with Gasteiger partial charge in [0.2, 0.25) is 0 Å². The first-order valence-electron chi connectivity index (χ1n) is 22.5. The van der Waals surface area contributed by atoms with Crippen molar-refractivity contribution in [1.29, 1.82) is 0 Å². The maximum absolute atomic E-state index is 12.0. The van der Waals surface area contributed by atoms with Crippen LogP contribution in [0.4, 0.5) is 38.9 Å². The fourth-order valence-corrected chi connectivity index (χ4v) is 8.36. The minimum atomic E-state index is -1.01. The number of hydrogen-bond acceptors (Lipinski definition) is 18. The number of aromatic hydroxyl groups is 1. The van der Waals surface area contributed by atoms with E-state index in [0.717, 1.165) is 50.4 Å². The van der Waals surface area contributed by atoms with Gasteiger partial charge < -0.3 is 36.7 Å². The van der Waals surface area contributed by atoms with Gasteiger partial charge in [-0.25, -0.2) is 9.59 Å². The van der Waals surface area contributed by atoms with Crippen molar-refractivity contribution in [2.75, 3.05) is 39.4 Å².